The SMILES string of the molecule is CCOC(=O)c1ccc2c(c1)nc(SCc1ccccc1SC(F)(F)F)n2Cc1ccccc1. The number of ether oxygens (including phenoxy) is 1. The van der Waals surface area contributed by atoms with E-state index in [1.165, 1.54) is 17.8 Å². The van der Waals surface area contributed by atoms with Crippen molar-refractivity contribution < 1.29 is 22.7 Å². The third-order valence-electron chi connectivity index (χ3n) is 4.96. The van der Waals surface area contributed by atoms with E-state index in [2.05, 4.69) is 0 Å². The number of hydrogen-bond donors (Lipinski definition) is 0. The van der Waals surface area contributed by atoms with Gasteiger partial charge in [0.25, 0.3) is 0 Å². The maximum absolute atomic E-state index is 13.0. The number of halogens is 3. The first-order chi connectivity index (χ1) is 16.3. The van der Waals surface area contributed by atoms with Gasteiger partial charge in [-0.05, 0) is 54.1 Å². The minimum absolute atomic E-state index is 0.108. The lowest BCUT2D eigenvalue weighted by Crippen LogP contribution is -2.05. The lowest BCUT2D eigenvalue weighted by molar-refractivity contribution is -0.0328. The molecule has 0 aliphatic carbocycles. The average Bonchev–Trinajstić information content (AvgIpc) is 3.15. The van der Waals surface area contributed by atoms with E-state index in [4.69, 9.17) is 9.72 Å². The number of hydrogen-bond acceptors (Lipinski definition) is 5. The van der Waals surface area contributed by atoms with Crippen LogP contribution in [-0.4, -0.2) is 27.6 Å². The Morgan fingerprint density at radius 1 is 1.03 bits per heavy atom. The molecule has 0 spiro atoms. The molecule has 0 fully saturated rings. The summed E-state index contributed by atoms with van der Waals surface area (Å²) < 4.78 is 46.1. The Kier molecular flexibility index (Phi) is 7.53. The molecule has 0 radical (unpaired) electrons. The molecule has 0 amide bonds. The lowest BCUT2D eigenvalue weighted by Gasteiger charge is -2.12. The summed E-state index contributed by atoms with van der Waals surface area (Å²) >= 11 is 1.26. The molecule has 34 heavy (non-hydrogen) atoms. The molecule has 0 atom stereocenters. The van der Waals surface area contributed by atoms with Crippen LogP contribution in [-0.2, 0) is 17.0 Å². The van der Waals surface area contributed by atoms with Crippen molar-refractivity contribution in [2.45, 2.75) is 34.8 Å². The van der Waals surface area contributed by atoms with Gasteiger partial charge in [-0.1, -0.05) is 60.3 Å². The van der Waals surface area contributed by atoms with Crippen LogP contribution in [0.5, 0.6) is 0 Å². The van der Waals surface area contributed by atoms with Gasteiger partial charge in [0.15, 0.2) is 5.16 Å². The van der Waals surface area contributed by atoms with Crippen LogP contribution in [0.3, 0.4) is 0 Å². The summed E-state index contributed by atoms with van der Waals surface area (Å²) in [7, 11) is 0. The number of imidazole rings is 1. The van der Waals surface area contributed by atoms with E-state index in [0.717, 1.165) is 11.1 Å². The minimum atomic E-state index is -4.36. The first kappa shape index (κ1) is 24.2. The third kappa shape index (κ3) is 5.95. The van der Waals surface area contributed by atoms with E-state index >= 15 is 0 Å². The number of esters is 1. The van der Waals surface area contributed by atoms with E-state index in [1.807, 2.05) is 41.0 Å². The summed E-state index contributed by atoms with van der Waals surface area (Å²) in [6.07, 6.45) is 0. The maximum atomic E-state index is 13.0. The molecule has 0 aliphatic heterocycles. The van der Waals surface area contributed by atoms with Crippen LogP contribution >= 0.6 is 23.5 Å². The topological polar surface area (TPSA) is 44.1 Å². The summed E-state index contributed by atoms with van der Waals surface area (Å²) in [6.45, 7) is 2.56. The Bertz CT molecular complexity index is 1290. The highest BCUT2D eigenvalue weighted by Crippen LogP contribution is 2.40. The molecule has 1 aromatic heterocycles. The summed E-state index contributed by atoms with van der Waals surface area (Å²) in [5.74, 6) is -0.100. The van der Waals surface area contributed by atoms with Crippen molar-refractivity contribution in [2.24, 2.45) is 0 Å². The quantitative estimate of drug-likeness (QED) is 0.189. The van der Waals surface area contributed by atoms with Gasteiger partial charge in [-0.15, -0.1) is 0 Å². The highest BCUT2D eigenvalue weighted by molar-refractivity contribution is 8.00. The fraction of sp³-hybridized carbons (Fsp3) is 0.200. The Labute approximate surface area is 203 Å². The number of carbonyl (C=O) groups excluding carboxylic acids is 1. The van der Waals surface area contributed by atoms with Crippen molar-refractivity contribution in [1.82, 2.24) is 9.55 Å². The molecule has 176 valence electrons. The maximum Gasteiger partial charge on any atom is 0.446 e. The van der Waals surface area contributed by atoms with Crippen LogP contribution in [0.15, 0.2) is 82.8 Å². The number of rotatable bonds is 8. The van der Waals surface area contributed by atoms with Crippen LogP contribution in [0.1, 0.15) is 28.4 Å². The summed E-state index contributed by atoms with van der Waals surface area (Å²) in [4.78, 5) is 17.1. The van der Waals surface area contributed by atoms with Gasteiger partial charge in [0.1, 0.15) is 0 Å². The number of benzene rings is 3. The van der Waals surface area contributed by atoms with Crippen molar-refractivity contribution >= 4 is 40.5 Å². The second-order valence-electron chi connectivity index (χ2n) is 7.33. The Morgan fingerprint density at radius 3 is 2.50 bits per heavy atom. The monoisotopic (exact) mass is 502 g/mol. The highest BCUT2D eigenvalue weighted by atomic mass is 32.2. The molecule has 4 rings (SSSR count). The normalized spacial score (nSPS) is 11.6. The molecule has 0 aliphatic rings. The standard InChI is InChI=1S/C25H21F3N2O2S2/c1-2-32-23(31)18-12-13-21-20(14-18)29-24(30(21)15-17-8-4-3-5-9-17)33-16-19-10-6-7-11-22(19)34-25(26,27)28/h3-14H,2,15-16H2,1H3. The van der Waals surface area contributed by atoms with Gasteiger partial charge in [-0.3, -0.25) is 0 Å². The molecular weight excluding hydrogens is 481 g/mol. The van der Waals surface area contributed by atoms with Crippen LogP contribution < -0.4 is 0 Å². The van der Waals surface area contributed by atoms with Gasteiger partial charge >= 0.3 is 11.5 Å². The number of alkyl halides is 3. The van der Waals surface area contributed by atoms with Crippen LogP contribution in [0.25, 0.3) is 11.0 Å². The molecule has 0 saturated carbocycles. The zero-order chi connectivity index (χ0) is 24.1. The largest absolute Gasteiger partial charge is 0.462 e. The van der Waals surface area contributed by atoms with Crippen molar-refractivity contribution in [3.05, 3.63) is 89.5 Å². The van der Waals surface area contributed by atoms with Gasteiger partial charge in [0.2, 0.25) is 0 Å². The third-order valence-corrected chi connectivity index (χ3v) is 6.84. The van der Waals surface area contributed by atoms with Crippen molar-refractivity contribution in [2.75, 3.05) is 6.61 Å². The summed E-state index contributed by atoms with van der Waals surface area (Å²) in [5, 5.41) is 0.659. The summed E-state index contributed by atoms with van der Waals surface area (Å²) in [6, 6.07) is 21.6. The van der Waals surface area contributed by atoms with Gasteiger partial charge in [-0.25, -0.2) is 9.78 Å². The van der Waals surface area contributed by atoms with Gasteiger partial charge in [-0.2, -0.15) is 13.2 Å². The molecule has 9 heteroatoms. The van der Waals surface area contributed by atoms with E-state index in [9.17, 15) is 18.0 Å². The van der Waals surface area contributed by atoms with Crippen LogP contribution in [0.2, 0.25) is 0 Å². The number of fused-ring (bicyclic) bond motifs is 1. The molecule has 3 aromatic carbocycles. The summed E-state index contributed by atoms with van der Waals surface area (Å²) in [5.41, 5.74) is -0.849. The van der Waals surface area contributed by atoms with Crippen molar-refractivity contribution in [3.63, 3.8) is 0 Å². The van der Waals surface area contributed by atoms with Crippen molar-refractivity contribution in [1.29, 1.82) is 0 Å². The lowest BCUT2D eigenvalue weighted by atomic mass is 10.2. The first-order valence-corrected chi connectivity index (χ1v) is 12.3. The van der Waals surface area contributed by atoms with Gasteiger partial charge in [0.05, 0.1) is 29.7 Å². The Hall–Kier alpha value is -2.91. The molecule has 0 N–H and O–H groups in total. The van der Waals surface area contributed by atoms with Crippen molar-refractivity contribution in [3.8, 4) is 0 Å². The number of carbonyl (C=O) groups is 1. The zero-order valence-corrected chi connectivity index (χ0v) is 19.8. The first-order valence-electron chi connectivity index (χ1n) is 10.5. The number of thioether (sulfide) groups is 2. The molecule has 4 aromatic rings. The second-order valence-corrected chi connectivity index (χ2v) is 9.38. The Morgan fingerprint density at radius 2 is 1.76 bits per heavy atom. The highest BCUT2D eigenvalue weighted by Gasteiger charge is 2.30. The second kappa shape index (κ2) is 10.6. The molecular formula is C25H21F3N2O2S2. The van der Waals surface area contributed by atoms with Gasteiger partial charge < -0.3 is 9.30 Å². The van der Waals surface area contributed by atoms with E-state index in [-0.39, 0.29) is 23.3 Å². The minimum Gasteiger partial charge on any atom is -0.462 e. The van der Waals surface area contributed by atoms with Crippen LogP contribution in [0.4, 0.5) is 13.2 Å². The molecule has 0 saturated heterocycles. The van der Waals surface area contributed by atoms with Crippen LogP contribution in [0, 0.1) is 0 Å². The fourth-order valence-corrected chi connectivity index (χ4v) is 5.24. The molecule has 4 nitrogen and oxygen atoms in total. The smallest absolute Gasteiger partial charge is 0.446 e. The predicted molar refractivity (Wildman–Crippen MR) is 129 cm³/mol. The Balaban J connectivity index is 1.68. The molecule has 1 heterocycles. The van der Waals surface area contributed by atoms with E-state index in [0.29, 0.717) is 34.1 Å². The molecule has 0 unspecified atom stereocenters. The zero-order valence-electron chi connectivity index (χ0n) is 18.2. The molecule has 0 bridgehead atoms. The fourth-order valence-electron chi connectivity index (χ4n) is 3.47. The average molecular weight is 503 g/mol. The van der Waals surface area contributed by atoms with E-state index in [1.54, 1.807) is 37.3 Å². The number of nitrogens with zero attached hydrogens (tertiary/aromatic N) is 2. The predicted octanol–water partition coefficient (Wildman–Crippen LogP) is 7.17. The number of aromatic nitrogens is 2. The van der Waals surface area contributed by atoms with Gasteiger partial charge in [0, 0.05) is 10.6 Å². The van der Waals surface area contributed by atoms with E-state index < -0.39 is 11.5 Å².